The summed E-state index contributed by atoms with van der Waals surface area (Å²) in [7, 11) is 0. The van der Waals surface area contributed by atoms with Crippen LogP contribution in [0.4, 0.5) is 5.69 Å². The van der Waals surface area contributed by atoms with Gasteiger partial charge in [0, 0.05) is 0 Å². The molecule has 0 heterocycles. The molecule has 0 saturated heterocycles. The number of hydrogen-bond donors (Lipinski definition) is 1. The number of amides is 1. The van der Waals surface area contributed by atoms with Crippen LogP contribution in [0.25, 0.3) is 0 Å². The quantitative estimate of drug-likeness (QED) is 0.504. The molecule has 0 saturated carbocycles. The van der Waals surface area contributed by atoms with E-state index in [1.165, 1.54) is 5.56 Å². The molecule has 1 amide bonds. The molecule has 1 aliphatic carbocycles. The van der Waals surface area contributed by atoms with Gasteiger partial charge in [0.05, 0.1) is 0 Å². The number of hydrogen-bond acceptors (Lipinski definition) is 2. The topological polar surface area (TPSA) is 41.5 Å². The number of nitrogens with zero attached hydrogens (tertiary/aromatic N) is 1. The van der Waals surface area contributed by atoms with E-state index >= 15 is 0 Å². The van der Waals surface area contributed by atoms with Gasteiger partial charge in [-0.2, -0.15) is 0 Å². The number of benzene rings is 2. The van der Waals surface area contributed by atoms with Crippen molar-refractivity contribution < 1.29 is 4.79 Å². The summed E-state index contributed by atoms with van der Waals surface area (Å²) in [6, 6.07) is 17.1. The van der Waals surface area contributed by atoms with Crippen LogP contribution in [0.15, 0.2) is 83.9 Å². The van der Waals surface area contributed by atoms with Crippen LogP contribution >= 0.6 is 0 Å². The Morgan fingerprint density at radius 3 is 2.26 bits per heavy atom. The minimum absolute atomic E-state index is 0.180. The van der Waals surface area contributed by atoms with Crippen molar-refractivity contribution in [1.29, 1.82) is 0 Å². The molecule has 3 rings (SSSR count). The van der Waals surface area contributed by atoms with Gasteiger partial charge >= 0.3 is 143 Å². The van der Waals surface area contributed by atoms with Crippen molar-refractivity contribution in [2.24, 2.45) is 4.99 Å². The van der Waals surface area contributed by atoms with Gasteiger partial charge in [-0.3, -0.25) is 0 Å². The Kier molecular flexibility index (Phi) is 4.86. The Balaban J connectivity index is 1.67. The second-order valence-electron chi connectivity index (χ2n) is 5.12. The van der Waals surface area contributed by atoms with Gasteiger partial charge in [0.1, 0.15) is 0 Å². The molecular formula is C19H15N2OSe. The molecule has 1 radical (unpaired) electrons. The number of amidine groups is 1. The molecule has 23 heavy (non-hydrogen) atoms. The van der Waals surface area contributed by atoms with E-state index in [-0.39, 0.29) is 5.91 Å². The minimum atomic E-state index is -0.180. The van der Waals surface area contributed by atoms with E-state index in [4.69, 9.17) is 0 Å². The van der Waals surface area contributed by atoms with Crippen molar-refractivity contribution in [3.63, 3.8) is 0 Å². The summed E-state index contributed by atoms with van der Waals surface area (Å²) in [5, 5.41) is 2.75. The molecule has 113 valence electrons. The zero-order chi connectivity index (χ0) is 16.1. The van der Waals surface area contributed by atoms with Gasteiger partial charge in [0.15, 0.2) is 0 Å². The Hall–Kier alpha value is -2.42. The SMILES string of the molecule is O=C(NC([Se])=Nc1ccc(C2C=CC=C2)cc1)c1ccccc1. The van der Waals surface area contributed by atoms with Crippen molar-refractivity contribution in [1.82, 2.24) is 5.32 Å². The molecule has 0 unspecified atom stereocenters. The van der Waals surface area contributed by atoms with Crippen LogP contribution in [0.1, 0.15) is 21.8 Å². The summed E-state index contributed by atoms with van der Waals surface area (Å²) in [5.74, 6) is 0.166. The van der Waals surface area contributed by atoms with Gasteiger partial charge in [-0.05, 0) is 0 Å². The molecule has 4 heteroatoms. The van der Waals surface area contributed by atoms with Gasteiger partial charge in [0.25, 0.3) is 0 Å². The molecule has 0 atom stereocenters. The van der Waals surface area contributed by atoms with Gasteiger partial charge in [-0.25, -0.2) is 0 Å². The third-order valence-corrected chi connectivity index (χ3v) is 3.92. The van der Waals surface area contributed by atoms with E-state index in [0.717, 1.165) is 5.69 Å². The summed E-state index contributed by atoms with van der Waals surface area (Å²) >= 11 is 2.79. The van der Waals surface area contributed by atoms with E-state index in [0.29, 0.717) is 16.2 Å². The molecule has 0 bridgehead atoms. The normalized spacial score (nSPS) is 14.2. The molecule has 3 nitrogen and oxygen atoms in total. The first kappa shape index (κ1) is 15.5. The van der Waals surface area contributed by atoms with Crippen molar-refractivity contribution in [2.45, 2.75) is 5.92 Å². The Morgan fingerprint density at radius 2 is 1.61 bits per heavy atom. The Morgan fingerprint density at radius 1 is 0.957 bits per heavy atom. The maximum absolute atomic E-state index is 12.0. The second kappa shape index (κ2) is 7.23. The molecule has 2 aromatic rings. The van der Waals surface area contributed by atoms with Crippen LogP contribution in [0, 0.1) is 0 Å². The summed E-state index contributed by atoms with van der Waals surface area (Å²) in [5.41, 5.74) is 2.62. The van der Waals surface area contributed by atoms with Gasteiger partial charge in [-0.15, -0.1) is 0 Å². The van der Waals surface area contributed by atoms with Crippen molar-refractivity contribution in [2.75, 3.05) is 0 Å². The number of rotatable bonds is 3. The van der Waals surface area contributed by atoms with Gasteiger partial charge in [-0.1, -0.05) is 0 Å². The van der Waals surface area contributed by atoms with E-state index in [9.17, 15) is 4.79 Å². The van der Waals surface area contributed by atoms with Gasteiger partial charge in [0.2, 0.25) is 0 Å². The molecule has 0 fully saturated rings. The van der Waals surface area contributed by atoms with Crippen molar-refractivity contribution in [3.05, 3.63) is 90.0 Å². The first-order valence-electron chi connectivity index (χ1n) is 7.29. The standard InChI is InChI=1S/C19H15N2OSe/c22-18(16-8-2-1-3-9-16)21-19(23)20-17-12-10-15(11-13-17)14-6-4-5-7-14/h1-14H,(H,20,21,22). The van der Waals surface area contributed by atoms with Crippen LogP contribution in [0.5, 0.6) is 0 Å². The fourth-order valence-electron chi connectivity index (χ4n) is 2.33. The average Bonchev–Trinajstić information content (AvgIpc) is 3.11. The number of nitrogens with one attached hydrogen (secondary N) is 1. The zero-order valence-corrected chi connectivity index (χ0v) is 14.1. The van der Waals surface area contributed by atoms with Gasteiger partial charge < -0.3 is 0 Å². The summed E-state index contributed by atoms with van der Waals surface area (Å²) in [4.78, 5) is 16.4. The molecule has 0 aromatic heterocycles. The van der Waals surface area contributed by atoms with Crippen molar-refractivity contribution >= 4 is 32.3 Å². The predicted molar refractivity (Wildman–Crippen MR) is 94.2 cm³/mol. The van der Waals surface area contributed by atoms with Crippen LogP contribution in [0.2, 0.25) is 0 Å². The van der Waals surface area contributed by atoms with Crippen molar-refractivity contribution in [3.8, 4) is 0 Å². The predicted octanol–water partition coefficient (Wildman–Crippen LogP) is 3.48. The number of aliphatic imine (C=N–C) groups is 1. The Labute approximate surface area is 143 Å². The molecule has 0 aliphatic heterocycles. The molecular weight excluding hydrogens is 351 g/mol. The van der Waals surface area contributed by atoms with E-state index in [1.54, 1.807) is 12.1 Å². The number of allylic oxidation sites excluding steroid dienone is 4. The Bertz CT molecular complexity index is 765. The second-order valence-corrected chi connectivity index (χ2v) is 5.94. The number of carbonyl (C=O) groups is 1. The van der Waals surface area contributed by atoms with Crippen LogP contribution in [0.3, 0.4) is 0 Å². The first-order chi connectivity index (χ1) is 11.2. The fourth-order valence-corrected chi connectivity index (χ4v) is 2.74. The summed E-state index contributed by atoms with van der Waals surface area (Å²) in [6.07, 6.45) is 8.40. The maximum atomic E-state index is 12.0. The molecule has 2 aromatic carbocycles. The summed E-state index contributed by atoms with van der Waals surface area (Å²) in [6.45, 7) is 0. The number of carbonyl (C=O) groups excluding carboxylic acids is 1. The first-order valence-corrected chi connectivity index (χ1v) is 8.15. The van der Waals surface area contributed by atoms with E-state index in [2.05, 4.69) is 62.8 Å². The fraction of sp³-hybridized carbons (Fsp3) is 0.0526. The molecule has 0 spiro atoms. The van der Waals surface area contributed by atoms with Crippen LogP contribution in [-0.4, -0.2) is 26.7 Å². The zero-order valence-electron chi connectivity index (χ0n) is 12.3. The third-order valence-electron chi connectivity index (χ3n) is 3.51. The summed E-state index contributed by atoms with van der Waals surface area (Å²) < 4.78 is 0.451. The average molecular weight is 366 g/mol. The molecule has 1 aliphatic rings. The van der Waals surface area contributed by atoms with E-state index in [1.807, 2.05) is 30.3 Å². The third kappa shape index (κ3) is 4.07. The molecule has 1 N–H and O–H groups in total. The van der Waals surface area contributed by atoms with Crippen LogP contribution < -0.4 is 5.32 Å². The van der Waals surface area contributed by atoms with Crippen LogP contribution in [-0.2, 0) is 0 Å². The monoisotopic (exact) mass is 367 g/mol. The van der Waals surface area contributed by atoms with E-state index < -0.39 is 0 Å².